The van der Waals surface area contributed by atoms with Gasteiger partial charge in [0.25, 0.3) is 11.8 Å². The second kappa shape index (κ2) is 7.86. The van der Waals surface area contributed by atoms with Gasteiger partial charge < -0.3 is 15.7 Å². The molecular formula is C24H19Cl2F2N5O4. The number of halogens is 4. The highest BCUT2D eigenvalue weighted by Crippen LogP contribution is 2.61. The molecule has 1 aromatic heterocycles. The second-order valence-electron chi connectivity index (χ2n) is 9.69. The number of aryl methyl sites for hydroxylation is 1. The Morgan fingerprint density at radius 2 is 2.00 bits per heavy atom. The highest BCUT2D eigenvalue weighted by molar-refractivity contribution is 6.38. The molecule has 3 aliphatic rings. The molecule has 0 aliphatic carbocycles. The summed E-state index contributed by atoms with van der Waals surface area (Å²) in [4.78, 5) is 41.1. The van der Waals surface area contributed by atoms with Crippen LogP contribution in [0.15, 0.2) is 36.5 Å². The third-order valence-electron chi connectivity index (χ3n) is 7.49. The molecule has 0 radical (unpaired) electrons. The van der Waals surface area contributed by atoms with E-state index in [0.29, 0.717) is 11.2 Å². The maximum Gasteiger partial charge on any atom is 0.310 e. The van der Waals surface area contributed by atoms with Crippen LogP contribution < -0.4 is 10.6 Å². The van der Waals surface area contributed by atoms with Crippen LogP contribution in [0.25, 0.3) is 10.9 Å². The lowest BCUT2D eigenvalue weighted by molar-refractivity contribution is -0.153. The Morgan fingerprint density at radius 1 is 1.24 bits per heavy atom. The molecule has 0 saturated carbocycles. The number of nitrogens with one attached hydrogen (secondary N) is 2. The summed E-state index contributed by atoms with van der Waals surface area (Å²) in [6.07, 6.45) is 0.956. The van der Waals surface area contributed by atoms with Gasteiger partial charge >= 0.3 is 5.97 Å². The third kappa shape index (κ3) is 3.37. The SMILES string of the molecule is Cn1cc2cc(NC(=O)[C@H]3[C@H]4CC(F)(F)CN4[C@]4(C(=O)Nc5c(Cl)cc(Cl)cc54)[C@H]3C(=O)O)ccc2n1. The number of rotatable bonds is 3. The topological polar surface area (TPSA) is 117 Å². The molecule has 3 aromatic rings. The lowest BCUT2D eigenvalue weighted by atomic mass is 9.73. The highest BCUT2D eigenvalue weighted by Gasteiger charge is 2.74. The van der Waals surface area contributed by atoms with E-state index in [1.165, 1.54) is 12.1 Å². The van der Waals surface area contributed by atoms with Gasteiger partial charge in [-0.2, -0.15) is 5.10 Å². The number of hydrogen-bond donors (Lipinski definition) is 3. The smallest absolute Gasteiger partial charge is 0.310 e. The number of benzene rings is 2. The summed E-state index contributed by atoms with van der Waals surface area (Å²) in [7, 11) is 1.74. The Kier molecular flexibility index (Phi) is 5.11. The Labute approximate surface area is 218 Å². The summed E-state index contributed by atoms with van der Waals surface area (Å²) in [6.45, 7) is -0.899. The van der Waals surface area contributed by atoms with Crippen LogP contribution in [0.5, 0.6) is 0 Å². The van der Waals surface area contributed by atoms with E-state index in [1.807, 2.05) is 0 Å². The first-order valence-electron chi connectivity index (χ1n) is 11.3. The molecule has 192 valence electrons. The molecule has 2 aromatic carbocycles. The van der Waals surface area contributed by atoms with E-state index < -0.39 is 60.1 Å². The fourth-order valence-corrected chi connectivity index (χ4v) is 6.79. The van der Waals surface area contributed by atoms with Crippen molar-refractivity contribution in [2.24, 2.45) is 18.9 Å². The van der Waals surface area contributed by atoms with E-state index >= 15 is 0 Å². The molecule has 9 nitrogen and oxygen atoms in total. The second-order valence-corrected chi connectivity index (χ2v) is 10.5. The van der Waals surface area contributed by atoms with Crippen LogP contribution in [0, 0.1) is 11.8 Å². The Balaban J connectivity index is 1.49. The summed E-state index contributed by atoms with van der Waals surface area (Å²) in [5, 5.41) is 20.8. The zero-order chi connectivity index (χ0) is 26.4. The zero-order valence-electron chi connectivity index (χ0n) is 19.1. The molecular weight excluding hydrogens is 531 g/mol. The molecule has 0 bridgehead atoms. The van der Waals surface area contributed by atoms with Crippen molar-refractivity contribution in [1.82, 2.24) is 14.7 Å². The number of hydrogen-bond acceptors (Lipinski definition) is 5. The van der Waals surface area contributed by atoms with E-state index in [9.17, 15) is 28.3 Å². The van der Waals surface area contributed by atoms with Gasteiger partial charge in [-0.25, -0.2) is 8.78 Å². The molecule has 37 heavy (non-hydrogen) atoms. The monoisotopic (exact) mass is 549 g/mol. The number of carbonyl (C=O) groups excluding carboxylic acids is 2. The number of nitrogens with zero attached hydrogens (tertiary/aromatic N) is 3. The van der Waals surface area contributed by atoms with Gasteiger partial charge in [0.1, 0.15) is 11.5 Å². The lowest BCUT2D eigenvalue weighted by Gasteiger charge is -2.35. The first-order valence-corrected chi connectivity index (χ1v) is 12.1. The molecule has 2 amide bonds. The largest absolute Gasteiger partial charge is 0.481 e. The van der Waals surface area contributed by atoms with E-state index in [4.69, 9.17) is 23.2 Å². The summed E-state index contributed by atoms with van der Waals surface area (Å²) < 4.78 is 31.2. The van der Waals surface area contributed by atoms with Gasteiger partial charge in [0, 0.05) is 47.4 Å². The number of carbonyl (C=O) groups is 3. The van der Waals surface area contributed by atoms with Gasteiger partial charge in [-0.15, -0.1) is 0 Å². The van der Waals surface area contributed by atoms with E-state index in [0.717, 1.165) is 10.3 Å². The molecule has 3 N–H and O–H groups in total. The van der Waals surface area contributed by atoms with Crippen molar-refractivity contribution in [3.8, 4) is 0 Å². The number of carboxylic acid groups (broad SMARTS) is 1. The summed E-state index contributed by atoms with van der Waals surface area (Å²) in [5.41, 5.74) is -0.917. The number of alkyl halides is 2. The van der Waals surface area contributed by atoms with Gasteiger partial charge in [0.2, 0.25) is 5.91 Å². The number of fused-ring (bicyclic) bond motifs is 5. The minimum absolute atomic E-state index is 0.0389. The van der Waals surface area contributed by atoms with Crippen molar-refractivity contribution in [2.75, 3.05) is 17.2 Å². The van der Waals surface area contributed by atoms with Gasteiger partial charge in [0.05, 0.1) is 28.7 Å². The molecule has 6 rings (SSSR count). The zero-order valence-corrected chi connectivity index (χ0v) is 20.6. The quantitative estimate of drug-likeness (QED) is 0.458. The predicted molar refractivity (Wildman–Crippen MR) is 131 cm³/mol. The average molecular weight is 550 g/mol. The molecule has 3 aliphatic heterocycles. The number of aliphatic carboxylic acids is 1. The van der Waals surface area contributed by atoms with Crippen molar-refractivity contribution >= 4 is 63.3 Å². The van der Waals surface area contributed by atoms with Crippen LogP contribution in [0.3, 0.4) is 0 Å². The molecule has 0 unspecified atom stereocenters. The first-order chi connectivity index (χ1) is 17.4. The number of anilines is 2. The van der Waals surface area contributed by atoms with E-state index in [-0.39, 0.29) is 21.3 Å². The molecule has 4 atom stereocenters. The lowest BCUT2D eigenvalue weighted by Crippen LogP contribution is -2.54. The van der Waals surface area contributed by atoms with Gasteiger partial charge in [-0.3, -0.25) is 24.0 Å². The van der Waals surface area contributed by atoms with Crippen LogP contribution in [0.4, 0.5) is 20.2 Å². The Morgan fingerprint density at radius 3 is 2.73 bits per heavy atom. The Hall–Kier alpha value is -3.28. The number of carboxylic acids is 1. The minimum atomic E-state index is -3.25. The van der Waals surface area contributed by atoms with Crippen LogP contribution in [0.2, 0.25) is 10.0 Å². The molecule has 2 saturated heterocycles. The van der Waals surface area contributed by atoms with Crippen LogP contribution in [-0.4, -0.2) is 56.1 Å². The number of aromatic nitrogens is 2. The van der Waals surface area contributed by atoms with Crippen LogP contribution in [0.1, 0.15) is 12.0 Å². The maximum atomic E-state index is 14.8. The van der Waals surface area contributed by atoms with Crippen LogP contribution in [-0.2, 0) is 27.0 Å². The normalized spacial score (nSPS) is 27.9. The average Bonchev–Trinajstić information content (AvgIpc) is 3.47. The van der Waals surface area contributed by atoms with Gasteiger partial charge in [0.15, 0.2) is 0 Å². The highest BCUT2D eigenvalue weighted by atomic mass is 35.5. The van der Waals surface area contributed by atoms with E-state index in [2.05, 4.69) is 15.7 Å². The van der Waals surface area contributed by atoms with Gasteiger partial charge in [-0.05, 0) is 30.3 Å². The van der Waals surface area contributed by atoms with Crippen molar-refractivity contribution in [2.45, 2.75) is 23.9 Å². The molecule has 4 heterocycles. The summed E-state index contributed by atoms with van der Waals surface area (Å²) in [5.74, 6) is -9.51. The van der Waals surface area contributed by atoms with Crippen molar-refractivity contribution < 1.29 is 28.3 Å². The van der Waals surface area contributed by atoms with Crippen molar-refractivity contribution in [3.63, 3.8) is 0 Å². The molecule has 13 heteroatoms. The van der Waals surface area contributed by atoms with Crippen molar-refractivity contribution in [1.29, 1.82) is 0 Å². The van der Waals surface area contributed by atoms with Gasteiger partial charge in [-0.1, -0.05) is 23.2 Å². The first kappa shape index (κ1) is 24.1. The number of amides is 2. The predicted octanol–water partition coefficient (Wildman–Crippen LogP) is 3.71. The maximum absolute atomic E-state index is 14.8. The fourth-order valence-electron chi connectivity index (χ4n) is 6.25. The minimum Gasteiger partial charge on any atom is -0.481 e. The molecule has 1 spiro atoms. The van der Waals surface area contributed by atoms with E-state index in [1.54, 1.807) is 36.1 Å². The Bertz CT molecular complexity index is 1530. The fraction of sp³-hybridized carbons (Fsp3) is 0.333. The third-order valence-corrected chi connectivity index (χ3v) is 8.01. The van der Waals surface area contributed by atoms with Crippen molar-refractivity contribution in [3.05, 3.63) is 52.1 Å². The summed E-state index contributed by atoms with van der Waals surface area (Å²) in [6, 6.07) is 6.40. The van der Waals surface area contributed by atoms with Crippen LogP contribution >= 0.6 is 23.2 Å². The molecule has 2 fully saturated rings. The standard InChI is InChI=1S/C24H19Cl2F2N5O4/c1-32-8-10-4-12(2-3-15(10)31-32)29-20(34)17-16-7-23(27,28)9-33(16)24(18(17)21(35)36)13-5-11(25)6-14(26)19(13)30-22(24)37/h2-6,8,16-18H,7,9H2,1H3,(H,29,34)(H,30,37)(H,35,36)/t16-,17+,18-,24+/m1/s1. The summed E-state index contributed by atoms with van der Waals surface area (Å²) >= 11 is 12.5.